The number of nitrogens with one attached hydrogen (secondary N) is 2. The molecule has 6 nitrogen and oxygen atoms in total. The van der Waals surface area contributed by atoms with E-state index < -0.39 is 0 Å². The van der Waals surface area contributed by atoms with E-state index in [9.17, 15) is 9.59 Å². The summed E-state index contributed by atoms with van der Waals surface area (Å²) in [6.07, 6.45) is 2.13. The average molecular weight is 380 g/mol. The summed E-state index contributed by atoms with van der Waals surface area (Å²) in [4.78, 5) is 28.1. The lowest BCUT2D eigenvalue weighted by molar-refractivity contribution is -0.862. The van der Waals surface area contributed by atoms with Crippen molar-refractivity contribution in [3.63, 3.8) is 0 Å². The number of anilines is 1. The zero-order valence-electron chi connectivity index (χ0n) is 16.1. The molecule has 1 heterocycles. The number of rotatable bonds is 6. The third kappa shape index (κ3) is 4.17. The maximum absolute atomic E-state index is 13.3. The molecule has 0 aromatic heterocycles. The van der Waals surface area contributed by atoms with E-state index in [0.717, 1.165) is 29.0 Å². The van der Waals surface area contributed by atoms with E-state index in [0.29, 0.717) is 24.9 Å². The Balaban J connectivity index is 1.52. The summed E-state index contributed by atoms with van der Waals surface area (Å²) in [5, 5.41) is 2.98. The van der Waals surface area contributed by atoms with Crippen molar-refractivity contribution in [2.75, 3.05) is 31.6 Å². The Labute approximate surface area is 165 Å². The molecule has 0 spiro atoms. The molecule has 0 bridgehead atoms. The molecule has 2 atom stereocenters. The van der Waals surface area contributed by atoms with E-state index in [1.54, 1.807) is 0 Å². The van der Waals surface area contributed by atoms with Gasteiger partial charge in [0.15, 0.2) is 13.1 Å². The van der Waals surface area contributed by atoms with E-state index in [2.05, 4.69) is 5.32 Å². The highest BCUT2D eigenvalue weighted by atomic mass is 16.5. The fourth-order valence-electron chi connectivity index (χ4n) is 3.60. The first kappa shape index (κ1) is 18.5. The molecule has 4 rings (SSSR count). The number of ether oxygens (including phenoxy) is 1. The number of para-hydroxylation sites is 2. The molecule has 2 N–H and O–H groups in total. The number of benzene rings is 2. The van der Waals surface area contributed by atoms with Crippen molar-refractivity contribution in [1.29, 1.82) is 0 Å². The van der Waals surface area contributed by atoms with Gasteiger partial charge in [-0.2, -0.15) is 0 Å². The highest BCUT2D eigenvalue weighted by Gasteiger charge is 2.35. The van der Waals surface area contributed by atoms with E-state index >= 15 is 0 Å². The molecule has 0 radical (unpaired) electrons. The van der Waals surface area contributed by atoms with Crippen LogP contribution < -0.4 is 19.9 Å². The van der Waals surface area contributed by atoms with Gasteiger partial charge in [-0.3, -0.25) is 14.5 Å². The molecule has 28 heavy (non-hydrogen) atoms. The molecule has 2 aromatic carbocycles. The number of likely N-dealkylation sites (N-methyl/N-ethyl adjacent to an activating group) is 1. The molecular weight excluding hydrogens is 354 g/mol. The Bertz CT molecular complexity index is 851. The Morgan fingerprint density at radius 1 is 1.07 bits per heavy atom. The Morgan fingerprint density at radius 3 is 2.54 bits per heavy atom. The van der Waals surface area contributed by atoms with Crippen molar-refractivity contribution in [2.24, 2.45) is 0 Å². The van der Waals surface area contributed by atoms with E-state index in [1.165, 1.54) is 0 Å². The van der Waals surface area contributed by atoms with Gasteiger partial charge < -0.3 is 15.0 Å². The molecule has 1 fully saturated rings. The van der Waals surface area contributed by atoms with Crippen LogP contribution in [0, 0.1) is 0 Å². The van der Waals surface area contributed by atoms with Crippen LogP contribution in [-0.2, 0) is 9.59 Å². The van der Waals surface area contributed by atoms with Crippen LogP contribution in [0.1, 0.15) is 24.4 Å². The second kappa shape index (κ2) is 8.02. The number of carbonyl (C=O) groups excluding carboxylic acids is 2. The zero-order chi connectivity index (χ0) is 19.5. The smallest absolute Gasteiger partial charge is 0.282 e. The number of hydrogen-bond acceptors (Lipinski definition) is 3. The predicted molar refractivity (Wildman–Crippen MR) is 106 cm³/mol. The molecule has 1 saturated carbocycles. The maximum Gasteiger partial charge on any atom is 0.282 e. The van der Waals surface area contributed by atoms with Crippen molar-refractivity contribution in [1.82, 2.24) is 5.32 Å². The largest absolute Gasteiger partial charge is 0.489 e. The first-order valence-electron chi connectivity index (χ1n) is 9.81. The highest BCUT2D eigenvalue weighted by Crippen LogP contribution is 2.39. The Hall–Kier alpha value is -2.86. The van der Waals surface area contributed by atoms with Gasteiger partial charge in [0.2, 0.25) is 0 Å². The fourth-order valence-corrected chi connectivity index (χ4v) is 3.60. The van der Waals surface area contributed by atoms with Crippen LogP contribution >= 0.6 is 0 Å². The second-order valence-corrected chi connectivity index (χ2v) is 7.62. The minimum absolute atomic E-state index is 0.00906. The summed E-state index contributed by atoms with van der Waals surface area (Å²) in [5.41, 5.74) is 1.82. The zero-order valence-corrected chi connectivity index (χ0v) is 16.1. The summed E-state index contributed by atoms with van der Waals surface area (Å²) in [6.45, 7) is 0.952. The van der Waals surface area contributed by atoms with Gasteiger partial charge in [-0.1, -0.05) is 42.5 Å². The Morgan fingerprint density at radius 2 is 1.79 bits per heavy atom. The van der Waals surface area contributed by atoms with Gasteiger partial charge in [0.25, 0.3) is 11.8 Å². The van der Waals surface area contributed by atoms with Crippen molar-refractivity contribution < 1.29 is 19.2 Å². The summed E-state index contributed by atoms with van der Waals surface area (Å²) in [5.74, 6) is 0.711. The minimum Gasteiger partial charge on any atom is -0.489 e. The molecule has 0 saturated heterocycles. The lowest BCUT2D eigenvalue weighted by atomic mass is 10.0. The molecule has 1 unspecified atom stereocenters. The van der Waals surface area contributed by atoms with E-state index in [4.69, 9.17) is 4.74 Å². The molecule has 2 aromatic rings. The van der Waals surface area contributed by atoms with Crippen molar-refractivity contribution >= 4 is 17.5 Å². The topological polar surface area (TPSA) is 63.1 Å². The normalized spacial score (nSPS) is 19.3. The number of fused-ring (bicyclic) bond motifs is 1. The fraction of sp³-hybridized carbons (Fsp3) is 0.364. The minimum atomic E-state index is -0.184. The molecule has 6 heteroatoms. The van der Waals surface area contributed by atoms with E-state index in [1.807, 2.05) is 66.5 Å². The summed E-state index contributed by atoms with van der Waals surface area (Å²) < 4.78 is 5.93. The van der Waals surface area contributed by atoms with Gasteiger partial charge in [0.1, 0.15) is 12.4 Å². The van der Waals surface area contributed by atoms with Crippen molar-refractivity contribution in [2.45, 2.75) is 24.9 Å². The third-order valence-electron chi connectivity index (χ3n) is 5.14. The van der Waals surface area contributed by atoms with Crippen LogP contribution in [0.5, 0.6) is 5.75 Å². The van der Waals surface area contributed by atoms with Crippen LogP contribution in [0.4, 0.5) is 5.69 Å². The molecule has 1 aliphatic carbocycles. The first-order chi connectivity index (χ1) is 13.6. The van der Waals surface area contributed by atoms with Gasteiger partial charge in [0, 0.05) is 6.04 Å². The van der Waals surface area contributed by atoms with Crippen molar-refractivity contribution in [3.05, 3.63) is 60.2 Å². The van der Waals surface area contributed by atoms with E-state index in [-0.39, 0.29) is 24.4 Å². The summed E-state index contributed by atoms with van der Waals surface area (Å²) in [7, 11) is 1.88. The van der Waals surface area contributed by atoms with Gasteiger partial charge in [0.05, 0.1) is 18.8 Å². The van der Waals surface area contributed by atoms with Crippen LogP contribution in [-0.4, -0.2) is 44.6 Å². The number of quaternary nitrogens is 1. The molecular formula is C22H26N3O3+. The van der Waals surface area contributed by atoms with Crippen LogP contribution in [0.2, 0.25) is 0 Å². The average Bonchev–Trinajstić information content (AvgIpc) is 3.51. The van der Waals surface area contributed by atoms with Gasteiger partial charge in [-0.05, 0) is 30.5 Å². The van der Waals surface area contributed by atoms with Gasteiger partial charge in [-0.15, -0.1) is 0 Å². The quantitative estimate of drug-likeness (QED) is 0.784. The Kier molecular flexibility index (Phi) is 5.30. The second-order valence-electron chi connectivity index (χ2n) is 7.62. The predicted octanol–water partition coefficient (Wildman–Crippen LogP) is 0.947. The molecule has 2 aliphatic rings. The SMILES string of the molecule is C[NH+](CC(=O)NC1CC1)CC(=O)N1c2ccccc2OC[C@@H]1c1ccccc1. The molecule has 2 amide bonds. The standard InChI is InChI=1S/C22H25N3O3/c1-24(13-21(26)23-17-11-12-17)14-22(27)25-18-9-5-6-10-20(18)28-15-19(25)16-7-3-2-4-8-16/h2-10,17,19H,11-15H2,1H3,(H,23,26)/p+1/t19-/m1/s1. The maximum atomic E-state index is 13.3. The highest BCUT2D eigenvalue weighted by molar-refractivity contribution is 5.97. The van der Waals surface area contributed by atoms with Crippen LogP contribution in [0.15, 0.2) is 54.6 Å². The van der Waals surface area contributed by atoms with Crippen molar-refractivity contribution in [3.8, 4) is 5.75 Å². The first-order valence-corrected chi connectivity index (χ1v) is 9.81. The summed E-state index contributed by atoms with van der Waals surface area (Å²) in [6, 6.07) is 17.7. The third-order valence-corrected chi connectivity index (χ3v) is 5.14. The lowest BCUT2D eigenvalue weighted by Gasteiger charge is -2.37. The van der Waals surface area contributed by atoms with Crippen LogP contribution in [0.25, 0.3) is 0 Å². The number of carbonyl (C=O) groups is 2. The van der Waals surface area contributed by atoms with Crippen LogP contribution in [0.3, 0.4) is 0 Å². The van der Waals surface area contributed by atoms with Gasteiger partial charge >= 0.3 is 0 Å². The monoisotopic (exact) mass is 380 g/mol. The molecule has 146 valence electrons. The number of nitrogens with zero attached hydrogens (tertiary/aromatic N) is 1. The number of amides is 2. The molecule has 1 aliphatic heterocycles. The lowest BCUT2D eigenvalue weighted by Crippen LogP contribution is -3.11. The number of hydrogen-bond donors (Lipinski definition) is 2. The van der Waals surface area contributed by atoms with Gasteiger partial charge in [-0.25, -0.2) is 0 Å². The summed E-state index contributed by atoms with van der Waals surface area (Å²) >= 11 is 0.